The maximum Gasteiger partial charge on any atom is 0.326 e. The van der Waals surface area contributed by atoms with Crippen molar-refractivity contribution in [1.29, 1.82) is 0 Å². The summed E-state index contributed by atoms with van der Waals surface area (Å²) in [5, 5.41) is 1.05. The van der Waals surface area contributed by atoms with Crippen LogP contribution in [0.2, 0.25) is 0 Å². The highest BCUT2D eigenvalue weighted by atomic mass is 31.2. The lowest BCUT2D eigenvalue weighted by molar-refractivity contribution is 0.502. The zero-order chi connectivity index (χ0) is 15.2. The quantitative estimate of drug-likeness (QED) is 0.611. The second-order valence-corrected chi connectivity index (χ2v) is 6.30. The predicted molar refractivity (Wildman–Crippen MR) is 91.9 cm³/mol. The van der Waals surface area contributed by atoms with Crippen molar-refractivity contribution in [3.05, 3.63) is 90.5 Å². The van der Waals surface area contributed by atoms with Gasteiger partial charge in [-0.2, -0.15) is 0 Å². The second kappa shape index (κ2) is 7.11. The van der Waals surface area contributed by atoms with E-state index >= 15 is 0 Å². The van der Waals surface area contributed by atoms with E-state index in [-0.39, 0.29) is 0 Å². The summed E-state index contributed by atoms with van der Waals surface area (Å²) in [6.45, 7) is 2.07. The van der Waals surface area contributed by atoms with Crippen LogP contribution in [0.5, 0.6) is 11.5 Å². The second-order valence-electron chi connectivity index (χ2n) is 4.90. The van der Waals surface area contributed by atoms with Crippen molar-refractivity contribution in [2.24, 2.45) is 0 Å². The van der Waals surface area contributed by atoms with Crippen molar-refractivity contribution in [3.63, 3.8) is 0 Å². The van der Waals surface area contributed by atoms with Gasteiger partial charge in [-0.15, -0.1) is 0 Å². The minimum Gasteiger partial charge on any atom is -0.435 e. The van der Waals surface area contributed by atoms with Gasteiger partial charge in [0.2, 0.25) is 0 Å². The molecular formula is C19H17O2P. The molecule has 0 radical (unpaired) electrons. The molecule has 0 aliphatic carbocycles. The first kappa shape index (κ1) is 14.6. The summed E-state index contributed by atoms with van der Waals surface area (Å²) in [6.07, 6.45) is 0. The van der Waals surface area contributed by atoms with Crippen molar-refractivity contribution < 1.29 is 9.05 Å². The Morgan fingerprint density at radius 2 is 1.05 bits per heavy atom. The molecule has 3 heteroatoms. The van der Waals surface area contributed by atoms with E-state index in [0.717, 1.165) is 16.8 Å². The summed E-state index contributed by atoms with van der Waals surface area (Å²) in [7, 11) is -1.22. The van der Waals surface area contributed by atoms with Crippen LogP contribution in [0, 0.1) is 6.92 Å². The van der Waals surface area contributed by atoms with Crippen LogP contribution in [0.25, 0.3) is 0 Å². The summed E-state index contributed by atoms with van der Waals surface area (Å²) in [5.74, 6) is 1.62. The van der Waals surface area contributed by atoms with E-state index in [1.165, 1.54) is 5.56 Å². The molecule has 0 fully saturated rings. The number of rotatable bonds is 5. The zero-order valence-corrected chi connectivity index (χ0v) is 13.2. The third kappa shape index (κ3) is 3.87. The maximum absolute atomic E-state index is 6.09. The lowest BCUT2D eigenvalue weighted by atomic mass is 10.2. The largest absolute Gasteiger partial charge is 0.435 e. The van der Waals surface area contributed by atoms with Gasteiger partial charge in [0, 0.05) is 0 Å². The highest BCUT2D eigenvalue weighted by molar-refractivity contribution is 7.56. The lowest BCUT2D eigenvalue weighted by Crippen LogP contribution is -2.09. The van der Waals surface area contributed by atoms with E-state index in [4.69, 9.17) is 9.05 Å². The summed E-state index contributed by atoms with van der Waals surface area (Å²) >= 11 is 0. The minimum atomic E-state index is -1.22. The van der Waals surface area contributed by atoms with Crippen molar-refractivity contribution >= 4 is 13.7 Å². The number of hydrogen-bond donors (Lipinski definition) is 0. The molecule has 0 N–H and O–H groups in total. The van der Waals surface area contributed by atoms with Gasteiger partial charge in [0.15, 0.2) is 0 Å². The smallest absolute Gasteiger partial charge is 0.326 e. The normalized spacial score (nSPS) is 10.5. The van der Waals surface area contributed by atoms with E-state index in [1.54, 1.807) is 0 Å². The van der Waals surface area contributed by atoms with Gasteiger partial charge in [0.25, 0.3) is 0 Å². The van der Waals surface area contributed by atoms with Gasteiger partial charge < -0.3 is 9.05 Å². The molecule has 0 aliphatic heterocycles. The highest BCUT2D eigenvalue weighted by Crippen LogP contribution is 2.39. The van der Waals surface area contributed by atoms with Gasteiger partial charge in [-0.05, 0) is 43.3 Å². The van der Waals surface area contributed by atoms with E-state index in [0.29, 0.717) is 0 Å². The Labute approximate surface area is 132 Å². The van der Waals surface area contributed by atoms with Gasteiger partial charge in [-0.1, -0.05) is 54.1 Å². The fourth-order valence-corrected chi connectivity index (χ4v) is 3.21. The van der Waals surface area contributed by atoms with Crippen LogP contribution in [0.15, 0.2) is 84.9 Å². The highest BCUT2D eigenvalue weighted by Gasteiger charge is 2.17. The molecule has 0 aromatic heterocycles. The Balaban J connectivity index is 1.86. The molecule has 0 atom stereocenters. The monoisotopic (exact) mass is 308 g/mol. The third-order valence-corrected chi connectivity index (χ3v) is 4.58. The summed E-state index contributed by atoms with van der Waals surface area (Å²) < 4.78 is 12.2. The van der Waals surface area contributed by atoms with Gasteiger partial charge >= 0.3 is 8.38 Å². The molecule has 0 unspecified atom stereocenters. The van der Waals surface area contributed by atoms with E-state index in [1.807, 2.05) is 60.7 Å². The molecule has 22 heavy (non-hydrogen) atoms. The zero-order valence-electron chi connectivity index (χ0n) is 12.3. The molecule has 2 nitrogen and oxygen atoms in total. The van der Waals surface area contributed by atoms with E-state index < -0.39 is 8.38 Å². The van der Waals surface area contributed by atoms with Crippen LogP contribution in [0.4, 0.5) is 0 Å². The minimum absolute atomic E-state index is 0.810. The van der Waals surface area contributed by atoms with Crippen LogP contribution in [-0.4, -0.2) is 0 Å². The number of para-hydroxylation sites is 2. The van der Waals surface area contributed by atoms with Gasteiger partial charge in [0.05, 0.1) is 5.30 Å². The van der Waals surface area contributed by atoms with E-state index in [9.17, 15) is 0 Å². The first-order valence-corrected chi connectivity index (χ1v) is 8.32. The fourth-order valence-electron chi connectivity index (χ4n) is 1.94. The average molecular weight is 308 g/mol. The van der Waals surface area contributed by atoms with Gasteiger partial charge in [-0.3, -0.25) is 0 Å². The standard InChI is InChI=1S/C19H17O2P/c1-16-12-14-19(15-13-16)22(20-17-8-4-2-5-9-17)21-18-10-6-3-7-11-18/h2-15H,1H3. The van der Waals surface area contributed by atoms with Gasteiger partial charge in [0.1, 0.15) is 11.5 Å². The van der Waals surface area contributed by atoms with Crippen molar-refractivity contribution in [2.75, 3.05) is 0 Å². The molecular weight excluding hydrogens is 291 g/mol. The molecule has 3 aromatic rings. The number of aryl methyl sites for hydroxylation is 1. The molecule has 0 saturated heterocycles. The maximum atomic E-state index is 6.09. The Hall–Kier alpha value is -2.31. The Morgan fingerprint density at radius 3 is 1.50 bits per heavy atom. The van der Waals surface area contributed by atoms with Gasteiger partial charge in [-0.25, -0.2) is 0 Å². The molecule has 0 amide bonds. The summed E-state index contributed by atoms with van der Waals surface area (Å²) in [5.41, 5.74) is 1.22. The fraction of sp³-hybridized carbons (Fsp3) is 0.0526. The van der Waals surface area contributed by atoms with Crippen molar-refractivity contribution in [3.8, 4) is 11.5 Å². The molecule has 0 aliphatic rings. The molecule has 0 heterocycles. The molecule has 3 rings (SSSR count). The molecule has 0 saturated carbocycles. The van der Waals surface area contributed by atoms with Crippen LogP contribution in [0.1, 0.15) is 5.56 Å². The van der Waals surface area contributed by atoms with Crippen LogP contribution in [0.3, 0.4) is 0 Å². The number of hydrogen-bond acceptors (Lipinski definition) is 2. The third-order valence-electron chi connectivity index (χ3n) is 3.11. The summed E-state index contributed by atoms with van der Waals surface area (Å²) in [4.78, 5) is 0. The Bertz CT molecular complexity index is 655. The number of benzene rings is 3. The topological polar surface area (TPSA) is 18.5 Å². The van der Waals surface area contributed by atoms with Crippen LogP contribution >= 0.6 is 8.38 Å². The van der Waals surface area contributed by atoms with Crippen molar-refractivity contribution in [1.82, 2.24) is 0 Å². The van der Waals surface area contributed by atoms with Crippen LogP contribution in [-0.2, 0) is 0 Å². The molecule has 110 valence electrons. The first-order valence-electron chi connectivity index (χ1n) is 7.14. The van der Waals surface area contributed by atoms with Crippen LogP contribution < -0.4 is 14.4 Å². The Kier molecular flexibility index (Phi) is 4.72. The Morgan fingerprint density at radius 1 is 0.591 bits per heavy atom. The SMILES string of the molecule is Cc1ccc(P(Oc2ccccc2)Oc2ccccc2)cc1. The predicted octanol–water partition coefficient (Wildman–Crippen LogP) is 5.09. The summed E-state index contributed by atoms with van der Waals surface area (Å²) in [6, 6.07) is 27.8. The van der Waals surface area contributed by atoms with E-state index in [2.05, 4.69) is 31.2 Å². The molecule has 3 aromatic carbocycles. The van der Waals surface area contributed by atoms with Crippen molar-refractivity contribution in [2.45, 2.75) is 6.92 Å². The molecule has 0 spiro atoms. The lowest BCUT2D eigenvalue weighted by Gasteiger charge is -2.19. The first-order chi connectivity index (χ1) is 10.8. The average Bonchev–Trinajstić information content (AvgIpc) is 2.57. The molecule has 0 bridgehead atoms.